The lowest BCUT2D eigenvalue weighted by atomic mass is 10.1. The number of aryl methyl sites for hydroxylation is 1. The number of imide groups is 1. The quantitative estimate of drug-likeness (QED) is 0.867. The van der Waals surface area contributed by atoms with E-state index in [1.165, 1.54) is 31.2 Å². The van der Waals surface area contributed by atoms with Gasteiger partial charge in [-0.15, -0.1) is 0 Å². The van der Waals surface area contributed by atoms with E-state index < -0.39 is 17.6 Å². The highest BCUT2D eigenvalue weighted by Gasteiger charge is 2.37. The van der Waals surface area contributed by atoms with Crippen LogP contribution >= 0.6 is 0 Å². The molecule has 1 heterocycles. The van der Waals surface area contributed by atoms with Gasteiger partial charge in [0.15, 0.2) is 0 Å². The summed E-state index contributed by atoms with van der Waals surface area (Å²) in [6, 6.07) is 8.81. The molecular formula is C17H13FN2O3. The Morgan fingerprint density at radius 2 is 1.65 bits per heavy atom. The summed E-state index contributed by atoms with van der Waals surface area (Å²) in [5, 5.41) is 2.56. The third kappa shape index (κ3) is 2.38. The zero-order chi connectivity index (χ0) is 16.7. The number of carbonyl (C=O) groups excluding carboxylic acids is 3. The van der Waals surface area contributed by atoms with E-state index in [9.17, 15) is 18.8 Å². The summed E-state index contributed by atoms with van der Waals surface area (Å²) < 4.78 is 14.3. The van der Waals surface area contributed by atoms with Gasteiger partial charge in [-0.2, -0.15) is 0 Å². The average molecular weight is 312 g/mol. The average Bonchev–Trinajstić information content (AvgIpc) is 2.74. The van der Waals surface area contributed by atoms with Gasteiger partial charge in [-0.05, 0) is 36.8 Å². The van der Waals surface area contributed by atoms with Crippen LogP contribution in [0.3, 0.4) is 0 Å². The number of hydrogen-bond donors (Lipinski definition) is 1. The van der Waals surface area contributed by atoms with Gasteiger partial charge >= 0.3 is 0 Å². The maximum atomic E-state index is 14.3. The van der Waals surface area contributed by atoms with E-state index in [-0.39, 0.29) is 22.7 Å². The molecule has 116 valence electrons. The number of fused-ring (bicyclic) bond motifs is 1. The number of amides is 3. The Morgan fingerprint density at radius 3 is 2.17 bits per heavy atom. The Hall–Kier alpha value is -3.02. The van der Waals surface area contributed by atoms with Crippen LogP contribution in [0.5, 0.6) is 0 Å². The Kier molecular flexibility index (Phi) is 3.44. The van der Waals surface area contributed by atoms with Crippen LogP contribution in [0.1, 0.15) is 33.2 Å². The number of nitrogens with zero attached hydrogens (tertiary/aromatic N) is 1. The van der Waals surface area contributed by atoms with Crippen molar-refractivity contribution in [3.05, 3.63) is 58.9 Å². The second-order valence-corrected chi connectivity index (χ2v) is 5.29. The topological polar surface area (TPSA) is 66.5 Å². The van der Waals surface area contributed by atoms with Crippen LogP contribution in [-0.4, -0.2) is 17.7 Å². The second-order valence-electron chi connectivity index (χ2n) is 5.29. The largest absolute Gasteiger partial charge is 0.326 e. The van der Waals surface area contributed by atoms with E-state index in [2.05, 4.69) is 5.32 Å². The van der Waals surface area contributed by atoms with E-state index in [1.807, 2.05) is 0 Å². The highest BCUT2D eigenvalue weighted by molar-refractivity contribution is 6.34. The molecule has 0 atom stereocenters. The number of carbonyl (C=O) groups is 3. The molecule has 3 rings (SSSR count). The molecule has 0 radical (unpaired) electrons. The highest BCUT2D eigenvalue weighted by atomic mass is 19.1. The first-order valence-corrected chi connectivity index (χ1v) is 6.95. The van der Waals surface area contributed by atoms with Crippen LogP contribution in [0.4, 0.5) is 15.8 Å². The molecule has 0 spiro atoms. The molecule has 1 N–H and O–H groups in total. The summed E-state index contributed by atoms with van der Waals surface area (Å²) in [7, 11) is 0. The summed E-state index contributed by atoms with van der Waals surface area (Å²) in [5.74, 6) is -2.19. The molecule has 1 aliphatic rings. The minimum atomic E-state index is -0.703. The first kappa shape index (κ1) is 14.9. The van der Waals surface area contributed by atoms with E-state index >= 15 is 0 Å². The van der Waals surface area contributed by atoms with Gasteiger partial charge in [0, 0.05) is 12.6 Å². The van der Waals surface area contributed by atoms with E-state index in [1.54, 1.807) is 19.1 Å². The Morgan fingerprint density at radius 1 is 1.09 bits per heavy atom. The molecule has 0 fully saturated rings. The third-order valence-electron chi connectivity index (χ3n) is 3.64. The van der Waals surface area contributed by atoms with Gasteiger partial charge in [-0.1, -0.05) is 12.1 Å². The number of anilines is 2. The molecule has 0 bridgehead atoms. The summed E-state index contributed by atoms with van der Waals surface area (Å²) >= 11 is 0. The van der Waals surface area contributed by atoms with Crippen molar-refractivity contribution < 1.29 is 18.8 Å². The number of halogens is 1. The van der Waals surface area contributed by atoms with Gasteiger partial charge in [0.2, 0.25) is 5.91 Å². The highest BCUT2D eigenvalue weighted by Crippen LogP contribution is 2.33. The first-order chi connectivity index (χ1) is 10.9. The fraction of sp³-hybridized carbons (Fsp3) is 0.118. The van der Waals surface area contributed by atoms with Crippen LogP contribution in [0, 0.1) is 12.7 Å². The molecule has 6 heteroatoms. The smallest absolute Gasteiger partial charge is 0.266 e. The molecular weight excluding hydrogens is 299 g/mol. The molecule has 0 unspecified atom stereocenters. The zero-order valence-electron chi connectivity index (χ0n) is 12.5. The Labute approximate surface area is 131 Å². The van der Waals surface area contributed by atoms with Crippen LogP contribution in [0.25, 0.3) is 0 Å². The van der Waals surface area contributed by atoms with Crippen molar-refractivity contribution in [2.24, 2.45) is 0 Å². The van der Waals surface area contributed by atoms with Crippen molar-refractivity contribution >= 4 is 29.1 Å². The SMILES string of the molecule is CC(=O)Nc1cc(N2C(=O)c3ccccc3C2=O)c(F)cc1C. The lowest BCUT2D eigenvalue weighted by Crippen LogP contribution is -2.30. The molecule has 2 aromatic rings. The summed E-state index contributed by atoms with van der Waals surface area (Å²) in [6.07, 6.45) is 0. The third-order valence-corrected chi connectivity index (χ3v) is 3.64. The van der Waals surface area contributed by atoms with Crippen molar-refractivity contribution in [3.8, 4) is 0 Å². The maximum absolute atomic E-state index is 14.3. The number of benzene rings is 2. The minimum Gasteiger partial charge on any atom is -0.326 e. The Bertz CT molecular complexity index is 826. The molecule has 0 aromatic heterocycles. The molecule has 0 aliphatic carbocycles. The summed E-state index contributed by atoms with van der Waals surface area (Å²) in [5.41, 5.74) is 1.14. The molecule has 23 heavy (non-hydrogen) atoms. The van der Waals surface area contributed by atoms with Crippen LogP contribution in [0.15, 0.2) is 36.4 Å². The molecule has 0 saturated heterocycles. The van der Waals surface area contributed by atoms with E-state index in [4.69, 9.17) is 0 Å². The van der Waals surface area contributed by atoms with E-state index in [0.29, 0.717) is 11.3 Å². The fourth-order valence-electron chi connectivity index (χ4n) is 2.56. The normalized spacial score (nSPS) is 13.3. The van der Waals surface area contributed by atoms with Gasteiger partial charge < -0.3 is 5.32 Å². The first-order valence-electron chi connectivity index (χ1n) is 6.95. The summed E-state index contributed by atoms with van der Waals surface area (Å²) in [6.45, 7) is 2.95. The molecule has 5 nitrogen and oxygen atoms in total. The predicted octanol–water partition coefficient (Wildman–Crippen LogP) is 2.89. The van der Waals surface area contributed by atoms with Crippen LogP contribution in [0.2, 0.25) is 0 Å². The van der Waals surface area contributed by atoms with Crippen molar-refractivity contribution in [3.63, 3.8) is 0 Å². The van der Waals surface area contributed by atoms with Gasteiger partial charge in [0.1, 0.15) is 5.82 Å². The molecule has 1 aliphatic heterocycles. The van der Waals surface area contributed by atoms with Gasteiger partial charge in [-0.3, -0.25) is 14.4 Å². The number of rotatable bonds is 2. The zero-order valence-corrected chi connectivity index (χ0v) is 12.5. The fourth-order valence-corrected chi connectivity index (χ4v) is 2.56. The number of nitrogens with one attached hydrogen (secondary N) is 1. The lowest BCUT2D eigenvalue weighted by Gasteiger charge is -2.17. The van der Waals surface area contributed by atoms with Crippen LogP contribution in [-0.2, 0) is 4.79 Å². The second kappa shape index (κ2) is 5.31. The van der Waals surface area contributed by atoms with E-state index in [0.717, 1.165) is 4.90 Å². The molecule has 0 saturated carbocycles. The predicted molar refractivity (Wildman–Crippen MR) is 83.0 cm³/mol. The van der Waals surface area contributed by atoms with Crippen molar-refractivity contribution in [1.82, 2.24) is 0 Å². The van der Waals surface area contributed by atoms with Gasteiger partial charge in [0.05, 0.1) is 16.8 Å². The summed E-state index contributed by atoms with van der Waals surface area (Å²) in [4.78, 5) is 36.9. The standard InChI is InChI=1S/C17H13FN2O3/c1-9-7-13(18)15(8-14(9)19-10(2)21)20-16(22)11-5-3-4-6-12(11)17(20)23/h3-8H,1-2H3,(H,19,21). The van der Waals surface area contributed by atoms with Gasteiger partial charge in [-0.25, -0.2) is 9.29 Å². The van der Waals surface area contributed by atoms with Gasteiger partial charge in [0.25, 0.3) is 11.8 Å². The van der Waals surface area contributed by atoms with Crippen molar-refractivity contribution in [1.29, 1.82) is 0 Å². The van der Waals surface area contributed by atoms with Crippen molar-refractivity contribution in [2.45, 2.75) is 13.8 Å². The molecule has 2 aromatic carbocycles. The minimum absolute atomic E-state index is 0.175. The lowest BCUT2D eigenvalue weighted by molar-refractivity contribution is -0.114. The van der Waals surface area contributed by atoms with Crippen LogP contribution < -0.4 is 10.2 Å². The Balaban J connectivity index is 2.11. The molecule has 3 amide bonds. The van der Waals surface area contributed by atoms with Crippen molar-refractivity contribution in [2.75, 3.05) is 10.2 Å². The number of hydrogen-bond acceptors (Lipinski definition) is 3. The monoisotopic (exact) mass is 312 g/mol. The maximum Gasteiger partial charge on any atom is 0.266 e.